The van der Waals surface area contributed by atoms with Crippen molar-refractivity contribution in [2.45, 2.75) is 57.7 Å². The number of hydrogen-bond donors (Lipinski definition) is 1. The molecule has 5 nitrogen and oxygen atoms in total. The lowest BCUT2D eigenvalue weighted by atomic mass is 10.1. The van der Waals surface area contributed by atoms with Gasteiger partial charge in [-0.3, -0.25) is 4.79 Å². The fourth-order valence-electron chi connectivity index (χ4n) is 2.55. The average Bonchev–Trinajstić information content (AvgIpc) is 2.58. The van der Waals surface area contributed by atoms with Crippen LogP contribution in [0.5, 0.6) is 0 Å². The van der Waals surface area contributed by atoms with Crippen LogP contribution in [0.25, 0.3) is 0 Å². The molecule has 1 amide bonds. The van der Waals surface area contributed by atoms with Gasteiger partial charge in [-0.15, -0.1) is 0 Å². The Kier molecular flexibility index (Phi) is 6.62. The van der Waals surface area contributed by atoms with Crippen molar-refractivity contribution in [2.24, 2.45) is 0 Å². The molecule has 1 aliphatic heterocycles. The van der Waals surface area contributed by atoms with Gasteiger partial charge in [-0.1, -0.05) is 20.8 Å². The molecule has 1 aromatic rings. The molecule has 1 saturated heterocycles. The number of likely N-dealkylation sites (tertiary alicyclic amines) is 1. The molecule has 0 radical (unpaired) electrons. The maximum atomic E-state index is 13.2. The molecule has 0 unspecified atom stereocenters. The summed E-state index contributed by atoms with van der Waals surface area (Å²) in [7, 11) is -1.76. The first-order valence-electron chi connectivity index (χ1n) is 9.42. The second-order valence-corrected chi connectivity index (χ2v) is 13.4. The van der Waals surface area contributed by atoms with E-state index in [1.165, 1.54) is 11.1 Å². The molecular formula is C19H31F2N3O2Si. The monoisotopic (exact) mass is 399 g/mol. The van der Waals surface area contributed by atoms with Gasteiger partial charge < -0.3 is 14.6 Å². The highest BCUT2D eigenvalue weighted by Crippen LogP contribution is 2.36. The summed E-state index contributed by atoms with van der Waals surface area (Å²) in [6.45, 7) is 12.4. The van der Waals surface area contributed by atoms with Crippen LogP contribution < -0.4 is 5.32 Å². The Morgan fingerprint density at radius 3 is 2.44 bits per heavy atom. The quantitative estimate of drug-likeness (QED) is 0.569. The number of carbonyl (C=O) groups excluding carboxylic acids is 1. The largest absolute Gasteiger partial charge is 0.415 e. The number of aromatic nitrogens is 1. The molecule has 0 bridgehead atoms. The van der Waals surface area contributed by atoms with Crippen LogP contribution in [0, 0.1) is 0 Å². The summed E-state index contributed by atoms with van der Waals surface area (Å²) in [6, 6.07) is 3.41. The fourth-order valence-corrected chi connectivity index (χ4v) is 3.59. The van der Waals surface area contributed by atoms with Gasteiger partial charge in [-0.2, -0.15) is 0 Å². The van der Waals surface area contributed by atoms with Gasteiger partial charge >= 0.3 is 0 Å². The van der Waals surface area contributed by atoms with Crippen molar-refractivity contribution >= 4 is 20.0 Å². The van der Waals surface area contributed by atoms with Gasteiger partial charge in [0.1, 0.15) is 5.82 Å². The Labute approximate surface area is 161 Å². The second kappa shape index (κ2) is 8.22. The zero-order chi connectivity index (χ0) is 20.3. The van der Waals surface area contributed by atoms with Crippen molar-refractivity contribution in [1.29, 1.82) is 0 Å². The summed E-state index contributed by atoms with van der Waals surface area (Å²) in [4.78, 5) is 18.1. The van der Waals surface area contributed by atoms with Gasteiger partial charge in [0.25, 0.3) is 11.8 Å². The van der Waals surface area contributed by atoms with E-state index in [1.54, 1.807) is 12.1 Å². The lowest BCUT2D eigenvalue weighted by Crippen LogP contribution is -2.42. The van der Waals surface area contributed by atoms with Gasteiger partial charge in [-0.05, 0) is 30.3 Å². The molecule has 0 aliphatic carbocycles. The zero-order valence-electron chi connectivity index (χ0n) is 16.9. The number of pyridine rings is 1. The van der Waals surface area contributed by atoms with Crippen LogP contribution in [0.3, 0.4) is 0 Å². The van der Waals surface area contributed by atoms with Crippen molar-refractivity contribution in [3.63, 3.8) is 0 Å². The Morgan fingerprint density at radius 2 is 1.93 bits per heavy atom. The van der Waals surface area contributed by atoms with E-state index in [2.05, 4.69) is 44.2 Å². The van der Waals surface area contributed by atoms with Gasteiger partial charge in [0.2, 0.25) is 0 Å². The van der Waals surface area contributed by atoms with Crippen LogP contribution in [-0.4, -0.2) is 56.3 Å². The van der Waals surface area contributed by atoms with E-state index < -0.39 is 14.2 Å². The van der Waals surface area contributed by atoms with E-state index in [4.69, 9.17) is 4.43 Å². The Balaban J connectivity index is 1.81. The number of carbonyl (C=O) groups is 1. The molecule has 0 aromatic carbocycles. The van der Waals surface area contributed by atoms with E-state index in [-0.39, 0.29) is 36.9 Å². The Bertz CT molecular complexity index is 635. The van der Waals surface area contributed by atoms with E-state index in [1.807, 2.05) is 0 Å². The average molecular weight is 400 g/mol. The van der Waals surface area contributed by atoms with Crippen LogP contribution in [0.1, 0.15) is 44.0 Å². The van der Waals surface area contributed by atoms with Crippen LogP contribution in [0.15, 0.2) is 18.3 Å². The molecule has 1 aliphatic rings. The lowest BCUT2D eigenvalue weighted by Gasteiger charge is -2.36. The first kappa shape index (κ1) is 21.8. The zero-order valence-corrected chi connectivity index (χ0v) is 17.9. The maximum Gasteiger partial charge on any atom is 0.255 e. The third-order valence-electron chi connectivity index (χ3n) is 5.47. The van der Waals surface area contributed by atoms with E-state index >= 15 is 0 Å². The number of anilines is 1. The summed E-state index contributed by atoms with van der Waals surface area (Å²) in [5.74, 6) is -2.24. The van der Waals surface area contributed by atoms with E-state index in [0.29, 0.717) is 24.5 Å². The minimum absolute atomic E-state index is 0.0800. The lowest BCUT2D eigenvalue weighted by molar-refractivity contribution is -0.0494. The molecule has 0 saturated carbocycles. The topological polar surface area (TPSA) is 54.5 Å². The van der Waals surface area contributed by atoms with Gasteiger partial charge in [0, 0.05) is 38.7 Å². The summed E-state index contributed by atoms with van der Waals surface area (Å²) in [5, 5.41) is 3.36. The summed E-state index contributed by atoms with van der Waals surface area (Å²) in [6.07, 6.45) is 0.937. The van der Waals surface area contributed by atoms with Gasteiger partial charge in [0.05, 0.1) is 12.2 Å². The van der Waals surface area contributed by atoms with Crippen LogP contribution >= 0.6 is 0 Å². The number of nitrogens with one attached hydrogen (secondary N) is 1. The first-order valence-corrected chi connectivity index (χ1v) is 12.3. The smallest absolute Gasteiger partial charge is 0.255 e. The van der Waals surface area contributed by atoms with Crippen molar-refractivity contribution < 1.29 is 18.0 Å². The highest BCUT2D eigenvalue weighted by Gasteiger charge is 2.37. The van der Waals surface area contributed by atoms with Crippen LogP contribution in [0.2, 0.25) is 18.1 Å². The Hall–Kier alpha value is -1.54. The standard InChI is InChI=1S/C19H31F2N3O2Si/c1-18(2,3)27(4,5)26-13-10-22-16-7-6-15(14-23-16)17(25)24-11-8-19(20,21)9-12-24/h6-7,14H,8-13H2,1-5H3,(H,22,23). The van der Waals surface area contributed by atoms with Gasteiger partial charge in [0.15, 0.2) is 8.32 Å². The molecule has 2 rings (SSSR count). The summed E-state index contributed by atoms with van der Waals surface area (Å²) >= 11 is 0. The number of halogens is 2. The second-order valence-electron chi connectivity index (χ2n) is 8.62. The fraction of sp³-hybridized carbons (Fsp3) is 0.684. The summed E-state index contributed by atoms with van der Waals surface area (Å²) < 4.78 is 32.5. The van der Waals surface area contributed by atoms with Crippen molar-refractivity contribution in [1.82, 2.24) is 9.88 Å². The Morgan fingerprint density at radius 1 is 1.30 bits per heavy atom. The molecule has 0 spiro atoms. The minimum atomic E-state index is -2.66. The maximum absolute atomic E-state index is 13.2. The number of rotatable bonds is 6. The third kappa shape index (κ3) is 5.97. The predicted molar refractivity (Wildman–Crippen MR) is 106 cm³/mol. The van der Waals surface area contributed by atoms with E-state index in [9.17, 15) is 13.6 Å². The highest BCUT2D eigenvalue weighted by atomic mass is 28.4. The van der Waals surface area contributed by atoms with Crippen molar-refractivity contribution in [3.05, 3.63) is 23.9 Å². The molecule has 1 fully saturated rings. The molecule has 1 N–H and O–H groups in total. The number of hydrogen-bond acceptors (Lipinski definition) is 4. The molecule has 1 aromatic heterocycles. The summed E-state index contributed by atoms with van der Waals surface area (Å²) in [5.41, 5.74) is 0.420. The molecular weight excluding hydrogens is 368 g/mol. The van der Waals surface area contributed by atoms with Crippen molar-refractivity contribution in [3.8, 4) is 0 Å². The van der Waals surface area contributed by atoms with Crippen LogP contribution in [0.4, 0.5) is 14.6 Å². The van der Waals surface area contributed by atoms with Gasteiger partial charge in [-0.25, -0.2) is 13.8 Å². The molecule has 152 valence electrons. The molecule has 0 atom stereocenters. The third-order valence-corrected chi connectivity index (χ3v) is 10.0. The van der Waals surface area contributed by atoms with Crippen molar-refractivity contribution in [2.75, 3.05) is 31.6 Å². The highest BCUT2D eigenvalue weighted by molar-refractivity contribution is 6.74. The minimum Gasteiger partial charge on any atom is -0.415 e. The predicted octanol–water partition coefficient (Wildman–Crippen LogP) is 4.39. The number of alkyl halides is 2. The van der Waals surface area contributed by atoms with Crippen LogP contribution in [-0.2, 0) is 4.43 Å². The van der Waals surface area contributed by atoms with E-state index in [0.717, 1.165) is 0 Å². The SMILES string of the molecule is CC(C)(C)[Si](C)(C)OCCNc1ccc(C(=O)N2CCC(F)(F)CC2)cn1. The number of piperidine rings is 1. The number of nitrogens with zero attached hydrogens (tertiary/aromatic N) is 2. The molecule has 2 heterocycles. The molecule has 27 heavy (non-hydrogen) atoms. The molecule has 8 heteroatoms. The normalized spacial score (nSPS) is 17.7. The number of amides is 1. The first-order chi connectivity index (χ1) is 12.4.